The summed E-state index contributed by atoms with van der Waals surface area (Å²) in [6, 6.07) is 0. The maximum Gasteiger partial charge on any atom is 0.361 e. The molecule has 11 heavy (non-hydrogen) atoms. The fraction of sp³-hybridized carbons (Fsp3) is 1.00. The van der Waals surface area contributed by atoms with Crippen LogP contribution >= 0.6 is 0 Å². The quantitative estimate of drug-likeness (QED) is 0.575. The highest BCUT2D eigenvalue weighted by molar-refractivity contribution is 6.80. The smallest absolute Gasteiger partial charge is 0.177 e. The number of halogens is 3. The van der Waals surface area contributed by atoms with Gasteiger partial charge in [-0.15, -0.1) is 0 Å². The summed E-state index contributed by atoms with van der Waals surface area (Å²) in [5, 5.41) is 0. The van der Waals surface area contributed by atoms with Gasteiger partial charge in [0.15, 0.2) is 8.07 Å². The monoisotopic (exact) mass is 184 g/mol. The second kappa shape index (κ2) is 3.17. The first-order chi connectivity index (χ1) is 4.73. The van der Waals surface area contributed by atoms with E-state index < -0.39 is 13.9 Å². The summed E-state index contributed by atoms with van der Waals surface area (Å²) in [4.78, 5) is 0. The minimum Gasteiger partial charge on any atom is -0.177 e. The molecule has 0 saturated carbocycles. The Balaban J connectivity index is 4.45. The number of hydrogen-bond donors (Lipinski definition) is 0. The Kier molecular flexibility index (Phi) is 3.17. The number of alkyl halides is 3. The molecule has 1 atom stereocenters. The van der Waals surface area contributed by atoms with Crippen LogP contribution in [0.25, 0.3) is 0 Å². The van der Waals surface area contributed by atoms with E-state index >= 15 is 0 Å². The van der Waals surface area contributed by atoms with E-state index in [9.17, 15) is 13.2 Å². The summed E-state index contributed by atoms with van der Waals surface area (Å²) >= 11 is 0. The molecule has 0 bridgehead atoms. The lowest BCUT2D eigenvalue weighted by Gasteiger charge is -2.30. The van der Waals surface area contributed by atoms with E-state index in [2.05, 4.69) is 0 Å². The Bertz CT molecular complexity index is 128. The van der Waals surface area contributed by atoms with Crippen LogP contribution in [0, 0.1) is 0 Å². The Hall–Kier alpha value is 0.00688. The van der Waals surface area contributed by atoms with Gasteiger partial charge in [-0.25, -0.2) is 0 Å². The van der Waals surface area contributed by atoms with E-state index in [4.69, 9.17) is 0 Å². The standard InChI is InChI=1S/C7H15F3Si/c1-5-6(2)11(3,4)7(8,9)10/h6H,5H2,1-4H3. The van der Waals surface area contributed by atoms with Crippen molar-refractivity contribution in [3.8, 4) is 0 Å². The lowest BCUT2D eigenvalue weighted by molar-refractivity contribution is -0.0575. The third-order valence-corrected chi connectivity index (χ3v) is 6.91. The van der Waals surface area contributed by atoms with Gasteiger partial charge in [0.25, 0.3) is 0 Å². The summed E-state index contributed by atoms with van der Waals surface area (Å²) in [5.41, 5.74) is -0.178. The Morgan fingerprint density at radius 1 is 1.27 bits per heavy atom. The van der Waals surface area contributed by atoms with E-state index in [1.165, 1.54) is 13.1 Å². The van der Waals surface area contributed by atoms with Crippen LogP contribution in [0.4, 0.5) is 13.2 Å². The molecule has 0 heterocycles. The van der Waals surface area contributed by atoms with Crippen molar-refractivity contribution in [3.05, 3.63) is 0 Å². The SMILES string of the molecule is CCC(C)[Si](C)(C)C(F)(F)F. The van der Waals surface area contributed by atoms with Gasteiger partial charge in [0.05, 0.1) is 0 Å². The van der Waals surface area contributed by atoms with E-state index in [1.54, 1.807) is 6.92 Å². The van der Waals surface area contributed by atoms with Gasteiger partial charge in [0.2, 0.25) is 0 Å². The minimum atomic E-state index is -3.94. The first-order valence-electron chi connectivity index (χ1n) is 3.80. The molecule has 0 saturated heterocycles. The fourth-order valence-corrected chi connectivity index (χ4v) is 2.37. The first kappa shape index (κ1) is 11.0. The van der Waals surface area contributed by atoms with Gasteiger partial charge in [-0.1, -0.05) is 33.4 Å². The topological polar surface area (TPSA) is 0 Å². The molecule has 68 valence electrons. The van der Waals surface area contributed by atoms with E-state index in [0.717, 1.165) is 0 Å². The second-order valence-electron chi connectivity index (χ2n) is 3.53. The Morgan fingerprint density at radius 2 is 1.64 bits per heavy atom. The lowest BCUT2D eigenvalue weighted by Crippen LogP contribution is -2.47. The predicted octanol–water partition coefficient (Wildman–Crippen LogP) is 3.60. The molecule has 1 unspecified atom stereocenters. The van der Waals surface area contributed by atoms with Crippen molar-refractivity contribution in [3.63, 3.8) is 0 Å². The zero-order valence-electron chi connectivity index (χ0n) is 7.42. The van der Waals surface area contributed by atoms with Crippen molar-refractivity contribution >= 4 is 8.07 Å². The molecule has 0 spiro atoms. The van der Waals surface area contributed by atoms with Crippen molar-refractivity contribution in [1.29, 1.82) is 0 Å². The van der Waals surface area contributed by atoms with Crippen molar-refractivity contribution in [2.75, 3.05) is 0 Å². The maximum atomic E-state index is 12.3. The molecule has 0 rings (SSSR count). The lowest BCUT2D eigenvalue weighted by atomic mass is 10.4. The molecule has 0 aliphatic carbocycles. The average molecular weight is 184 g/mol. The Labute approximate surface area is 66.8 Å². The molecular formula is C7H15F3Si. The molecule has 0 aliphatic heterocycles. The molecule has 4 heteroatoms. The summed E-state index contributed by atoms with van der Waals surface area (Å²) in [6.07, 6.45) is 0.624. The van der Waals surface area contributed by atoms with Crippen LogP contribution < -0.4 is 0 Å². The minimum absolute atomic E-state index is 0.178. The highest BCUT2D eigenvalue weighted by atomic mass is 28.3. The number of rotatable bonds is 2. The van der Waals surface area contributed by atoms with Gasteiger partial charge < -0.3 is 0 Å². The van der Waals surface area contributed by atoms with Crippen molar-refractivity contribution < 1.29 is 13.2 Å². The normalized spacial score (nSPS) is 16.6. The molecule has 0 aliphatic rings. The zero-order chi connectivity index (χ0) is 9.28. The van der Waals surface area contributed by atoms with E-state index in [1.807, 2.05) is 6.92 Å². The molecule has 0 aromatic heterocycles. The van der Waals surface area contributed by atoms with Crippen LogP contribution in [0.15, 0.2) is 0 Å². The van der Waals surface area contributed by atoms with Crippen LogP contribution in [0.1, 0.15) is 20.3 Å². The number of hydrogen-bond acceptors (Lipinski definition) is 0. The van der Waals surface area contributed by atoms with Gasteiger partial charge in [-0.2, -0.15) is 13.2 Å². The van der Waals surface area contributed by atoms with Crippen LogP contribution in [0.2, 0.25) is 18.6 Å². The second-order valence-corrected chi connectivity index (χ2v) is 8.52. The van der Waals surface area contributed by atoms with Crippen LogP contribution in [0.5, 0.6) is 0 Å². The molecule has 0 aromatic carbocycles. The molecule has 0 aromatic rings. The van der Waals surface area contributed by atoms with Gasteiger partial charge in [0.1, 0.15) is 0 Å². The molecule has 0 nitrogen and oxygen atoms in total. The highest BCUT2D eigenvalue weighted by Crippen LogP contribution is 2.38. The van der Waals surface area contributed by atoms with Crippen LogP contribution in [-0.2, 0) is 0 Å². The third kappa shape index (κ3) is 2.22. The predicted molar refractivity (Wildman–Crippen MR) is 43.3 cm³/mol. The van der Waals surface area contributed by atoms with Crippen molar-refractivity contribution in [2.45, 2.75) is 44.7 Å². The van der Waals surface area contributed by atoms with Crippen LogP contribution in [-0.4, -0.2) is 13.9 Å². The van der Waals surface area contributed by atoms with Crippen molar-refractivity contribution in [1.82, 2.24) is 0 Å². The van der Waals surface area contributed by atoms with Gasteiger partial charge >= 0.3 is 5.80 Å². The van der Waals surface area contributed by atoms with Gasteiger partial charge in [-0.3, -0.25) is 0 Å². The summed E-state index contributed by atoms with van der Waals surface area (Å²) < 4.78 is 37.0. The van der Waals surface area contributed by atoms with Gasteiger partial charge in [-0.05, 0) is 5.54 Å². The fourth-order valence-electron chi connectivity index (χ4n) is 0.790. The van der Waals surface area contributed by atoms with E-state index in [-0.39, 0.29) is 5.54 Å². The Morgan fingerprint density at radius 3 is 1.73 bits per heavy atom. The molecule has 0 N–H and O–H groups in total. The highest BCUT2D eigenvalue weighted by Gasteiger charge is 2.52. The van der Waals surface area contributed by atoms with Crippen LogP contribution in [0.3, 0.4) is 0 Å². The summed E-state index contributed by atoms with van der Waals surface area (Å²) in [7, 11) is -3.01. The molecule has 0 radical (unpaired) electrons. The van der Waals surface area contributed by atoms with E-state index in [0.29, 0.717) is 6.42 Å². The third-order valence-electron chi connectivity index (χ3n) is 2.57. The zero-order valence-corrected chi connectivity index (χ0v) is 8.42. The molecule has 0 amide bonds. The molecular weight excluding hydrogens is 169 g/mol. The average Bonchev–Trinajstić information content (AvgIpc) is 1.83. The van der Waals surface area contributed by atoms with Crippen molar-refractivity contribution in [2.24, 2.45) is 0 Å². The largest absolute Gasteiger partial charge is 0.361 e. The first-order valence-corrected chi connectivity index (χ1v) is 6.88. The molecule has 0 fully saturated rings. The van der Waals surface area contributed by atoms with Gasteiger partial charge in [0, 0.05) is 0 Å². The maximum absolute atomic E-state index is 12.3. The summed E-state index contributed by atoms with van der Waals surface area (Å²) in [6.45, 7) is 6.28. The summed E-state index contributed by atoms with van der Waals surface area (Å²) in [5.74, 6) is -3.94.